The molecule has 0 radical (unpaired) electrons. The average molecular weight is 366 g/mol. The largest absolute Gasteiger partial charge is 0.435 e. The number of benzene rings is 2. The van der Waals surface area contributed by atoms with Crippen LogP contribution in [0.15, 0.2) is 65.7 Å². The summed E-state index contributed by atoms with van der Waals surface area (Å²) in [5.74, 6) is 0. The number of aromatic nitrogens is 2. The van der Waals surface area contributed by atoms with Gasteiger partial charge in [0.1, 0.15) is 0 Å². The number of sulfone groups is 1. The Balaban J connectivity index is 2.11. The first-order valence-corrected chi connectivity index (χ1v) is 9.08. The van der Waals surface area contributed by atoms with E-state index in [1.165, 1.54) is 30.5 Å². The molecule has 0 amide bonds. The lowest BCUT2D eigenvalue weighted by Gasteiger charge is -2.05. The van der Waals surface area contributed by atoms with E-state index in [0.29, 0.717) is 11.3 Å². The van der Waals surface area contributed by atoms with Crippen molar-refractivity contribution in [2.75, 3.05) is 6.26 Å². The van der Waals surface area contributed by atoms with Gasteiger partial charge in [0.05, 0.1) is 10.6 Å². The van der Waals surface area contributed by atoms with E-state index in [4.69, 9.17) is 0 Å². The molecule has 3 rings (SSSR count). The Labute approximate surface area is 142 Å². The van der Waals surface area contributed by atoms with Crippen molar-refractivity contribution in [3.8, 4) is 16.8 Å². The van der Waals surface area contributed by atoms with E-state index in [-0.39, 0.29) is 10.5 Å². The Bertz CT molecular complexity index is 993. The molecule has 1 heterocycles. The maximum atomic E-state index is 13.3. The molecule has 1 aromatic heterocycles. The van der Waals surface area contributed by atoms with E-state index in [1.54, 1.807) is 30.3 Å². The molecule has 0 atom stereocenters. The predicted molar refractivity (Wildman–Crippen MR) is 87.1 cm³/mol. The van der Waals surface area contributed by atoms with Crippen molar-refractivity contribution in [2.24, 2.45) is 0 Å². The van der Waals surface area contributed by atoms with Crippen LogP contribution in [-0.4, -0.2) is 24.5 Å². The fraction of sp³-hybridized carbons (Fsp3) is 0.118. The summed E-state index contributed by atoms with van der Waals surface area (Å²) in [4.78, 5) is 0.0859. The summed E-state index contributed by atoms with van der Waals surface area (Å²) in [5, 5.41) is 3.66. The van der Waals surface area contributed by atoms with Crippen molar-refractivity contribution in [1.82, 2.24) is 9.78 Å². The first-order valence-electron chi connectivity index (χ1n) is 7.19. The van der Waals surface area contributed by atoms with Crippen molar-refractivity contribution in [3.63, 3.8) is 0 Å². The summed E-state index contributed by atoms with van der Waals surface area (Å²) in [5.41, 5.74) is -0.305. The first-order chi connectivity index (χ1) is 11.7. The quantitative estimate of drug-likeness (QED) is 0.705. The van der Waals surface area contributed by atoms with Gasteiger partial charge in [-0.3, -0.25) is 0 Å². The Morgan fingerprint density at radius 3 is 2.08 bits per heavy atom. The molecule has 0 saturated heterocycles. The Morgan fingerprint density at radius 2 is 1.56 bits per heavy atom. The van der Waals surface area contributed by atoms with Gasteiger partial charge in [-0.05, 0) is 29.8 Å². The second kappa shape index (κ2) is 6.03. The third kappa shape index (κ3) is 3.58. The third-order valence-corrected chi connectivity index (χ3v) is 4.73. The highest BCUT2D eigenvalue weighted by atomic mass is 32.2. The van der Waals surface area contributed by atoms with Crippen LogP contribution in [0.5, 0.6) is 0 Å². The number of hydrogen-bond donors (Lipinski definition) is 0. The molecular weight excluding hydrogens is 353 g/mol. The van der Waals surface area contributed by atoms with Crippen LogP contribution in [0.4, 0.5) is 13.2 Å². The van der Waals surface area contributed by atoms with Crippen molar-refractivity contribution < 1.29 is 21.6 Å². The van der Waals surface area contributed by atoms with Crippen LogP contribution < -0.4 is 0 Å². The zero-order chi connectivity index (χ0) is 18.2. The minimum absolute atomic E-state index is 0.0414. The lowest BCUT2D eigenvalue weighted by Crippen LogP contribution is -2.08. The van der Waals surface area contributed by atoms with Crippen molar-refractivity contribution in [1.29, 1.82) is 0 Å². The van der Waals surface area contributed by atoms with E-state index in [1.807, 2.05) is 0 Å². The number of halogens is 3. The van der Waals surface area contributed by atoms with Gasteiger partial charge in [0.15, 0.2) is 15.5 Å². The molecule has 130 valence electrons. The maximum absolute atomic E-state index is 13.3. The molecule has 0 saturated carbocycles. The molecule has 0 N–H and O–H groups in total. The minimum Gasteiger partial charge on any atom is -0.240 e. The highest BCUT2D eigenvalue weighted by molar-refractivity contribution is 7.90. The van der Waals surface area contributed by atoms with Crippen LogP contribution in [0, 0.1) is 0 Å². The molecule has 0 fully saturated rings. The van der Waals surface area contributed by atoms with Crippen molar-refractivity contribution in [3.05, 3.63) is 66.5 Å². The third-order valence-electron chi connectivity index (χ3n) is 3.60. The van der Waals surface area contributed by atoms with E-state index >= 15 is 0 Å². The minimum atomic E-state index is -4.61. The van der Waals surface area contributed by atoms with Gasteiger partial charge < -0.3 is 0 Å². The normalized spacial score (nSPS) is 12.3. The van der Waals surface area contributed by atoms with Crippen LogP contribution in [0.25, 0.3) is 16.8 Å². The molecule has 25 heavy (non-hydrogen) atoms. The molecular formula is C17H13F3N2O2S. The zero-order valence-electron chi connectivity index (χ0n) is 13.0. The summed E-state index contributed by atoms with van der Waals surface area (Å²) < 4.78 is 64.0. The Kier molecular flexibility index (Phi) is 4.16. The molecule has 0 aliphatic rings. The Hall–Kier alpha value is -2.61. The molecule has 0 spiro atoms. The molecule has 4 nitrogen and oxygen atoms in total. The molecule has 0 aliphatic heterocycles. The van der Waals surface area contributed by atoms with Crippen LogP contribution in [0.1, 0.15) is 5.69 Å². The second-order valence-electron chi connectivity index (χ2n) is 5.47. The monoisotopic (exact) mass is 366 g/mol. The van der Waals surface area contributed by atoms with Crippen LogP contribution in [-0.2, 0) is 16.0 Å². The van der Waals surface area contributed by atoms with Crippen LogP contribution in [0.3, 0.4) is 0 Å². The molecule has 3 aromatic rings. The lowest BCUT2D eigenvalue weighted by atomic mass is 10.1. The number of rotatable bonds is 3. The van der Waals surface area contributed by atoms with Crippen molar-refractivity contribution in [2.45, 2.75) is 11.1 Å². The molecule has 8 heteroatoms. The van der Waals surface area contributed by atoms with E-state index in [0.717, 1.165) is 10.9 Å². The highest BCUT2D eigenvalue weighted by Gasteiger charge is 2.37. The predicted octanol–water partition coefficient (Wildman–Crippen LogP) is 3.96. The van der Waals surface area contributed by atoms with Crippen LogP contribution >= 0.6 is 0 Å². The van der Waals surface area contributed by atoms with Gasteiger partial charge in [-0.25, -0.2) is 13.1 Å². The van der Waals surface area contributed by atoms with Gasteiger partial charge in [-0.1, -0.05) is 30.3 Å². The Morgan fingerprint density at radius 1 is 0.960 bits per heavy atom. The van der Waals surface area contributed by atoms with Gasteiger partial charge in [0.2, 0.25) is 0 Å². The smallest absolute Gasteiger partial charge is 0.240 e. The summed E-state index contributed by atoms with van der Waals surface area (Å²) in [6.07, 6.45) is -2.26. The first kappa shape index (κ1) is 17.2. The number of hydrogen-bond acceptors (Lipinski definition) is 3. The summed E-state index contributed by atoms with van der Waals surface area (Å²) in [7, 11) is -3.38. The highest BCUT2D eigenvalue weighted by Crippen LogP contribution is 2.36. The molecule has 0 aliphatic carbocycles. The molecule has 2 aromatic carbocycles. The van der Waals surface area contributed by atoms with Gasteiger partial charge >= 0.3 is 6.18 Å². The van der Waals surface area contributed by atoms with E-state index in [9.17, 15) is 21.6 Å². The second-order valence-corrected chi connectivity index (χ2v) is 7.48. The summed E-state index contributed by atoms with van der Waals surface area (Å²) in [6.45, 7) is 0. The van der Waals surface area contributed by atoms with E-state index < -0.39 is 21.7 Å². The number of nitrogens with zero attached hydrogens (tertiary/aromatic N) is 2. The lowest BCUT2D eigenvalue weighted by molar-refractivity contribution is -0.140. The number of alkyl halides is 3. The SMILES string of the molecule is CS(=O)(=O)c1ccc(-n2cc(-c3ccccc3)c(C(F)(F)F)n2)cc1. The van der Waals surface area contributed by atoms with E-state index in [2.05, 4.69) is 5.10 Å². The van der Waals surface area contributed by atoms with Gasteiger partial charge in [-0.2, -0.15) is 18.3 Å². The van der Waals surface area contributed by atoms with Crippen LogP contribution in [0.2, 0.25) is 0 Å². The maximum Gasteiger partial charge on any atom is 0.435 e. The van der Waals surface area contributed by atoms with Gasteiger partial charge in [0.25, 0.3) is 0 Å². The average Bonchev–Trinajstić information content (AvgIpc) is 3.01. The molecule has 0 unspecified atom stereocenters. The van der Waals surface area contributed by atoms with Crippen molar-refractivity contribution >= 4 is 9.84 Å². The van der Waals surface area contributed by atoms with Gasteiger partial charge in [0, 0.05) is 18.0 Å². The molecule has 0 bridgehead atoms. The fourth-order valence-corrected chi connectivity index (χ4v) is 3.02. The standard InChI is InChI=1S/C17H13F3N2O2S/c1-25(23,24)14-9-7-13(8-10-14)22-11-15(12-5-3-2-4-6-12)16(21-22)17(18,19)20/h2-11H,1H3. The summed E-state index contributed by atoms with van der Waals surface area (Å²) >= 11 is 0. The fourth-order valence-electron chi connectivity index (χ4n) is 2.39. The summed E-state index contributed by atoms with van der Waals surface area (Å²) in [6, 6.07) is 13.7. The van der Waals surface area contributed by atoms with Gasteiger partial charge in [-0.15, -0.1) is 0 Å². The topological polar surface area (TPSA) is 52.0 Å². The zero-order valence-corrected chi connectivity index (χ0v) is 13.8.